The number of anilines is 1. The third kappa shape index (κ3) is 4.88. The molecule has 0 aliphatic carbocycles. The molecule has 1 aromatic rings. The van der Waals surface area contributed by atoms with Gasteiger partial charge in [0.15, 0.2) is 0 Å². The second-order valence-corrected chi connectivity index (χ2v) is 4.83. The lowest BCUT2D eigenvalue weighted by Gasteiger charge is -2.23. The SMILES string of the molecule is CCCCCC(=O)N(CC)c1ccccc1C(=O)OCC. The number of carbonyl (C=O) groups excluding carboxylic acids is 2. The topological polar surface area (TPSA) is 46.6 Å². The fourth-order valence-corrected chi connectivity index (χ4v) is 2.23. The largest absolute Gasteiger partial charge is 0.462 e. The van der Waals surface area contributed by atoms with Gasteiger partial charge in [0.05, 0.1) is 17.9 Å². The maximum atomic E-state index is 12.4. The standard InChI is InChI=1S/C17H25NO3/c1-4-7-8-13-16(19)18(5-2)15-12-10-9-11-14(15)17(20)21-6-3/h9-12H,4-8,13H2,1-3H3. The summed E-state index contributed by atoms with van der Waals surface area (Å²) in [4.78, 5) is 26.0. The van der Waals surface area contributed by atoms with Crippen molar-refractivity contribution in [2.45, 2.75) is 46.5 Å². The van der Waals surface area contributed by atoms with Crippen LogP contribution in [-0.4, -0.2) is 25.0 Å². The molecule has 0 aliphatic rings. The van der Waals surface area contributed by atoms with Gasteiger partial charge in [-0.15, -0.1) is 0 Å². The van der Waals surface area contributed by atoms with Gasteiger partial charge in [0.1, 0.15) is 0 Å². The highest BCUT2D eigenvalue weighted by Gasteiger charge is 2.20. The number of hydrogen-bond donors (Lipinski definition) is 0. The van der Waals surface area contributed by atoms with Crippen molar-refractivity contribution in [1.82, 2.24) is 0 Å². The van der Waals surface area contributed by atoms with Crippen molar-refractivity contribution in [2.24, 2.45) is 0 Å². The first-order chi connectivity index (χ1) is 10.2. The molecular weight excluding hydrogens is 266 g/mol. The molecule has 116 valence electrons. The normalized spacial score (nSPS) is 10.2. The second-order valence-electron chi connectivity index (χ2n) is 4.83. The van der Waals surface area contributed by atoms with Gasteiger partial charge in [0.2, 0.25) is 5.91 Å². The monoisotopic (exact) mass is 291 g/mol. The van der Waals surface area contributed by atoms with Crippen LogP contribution in [0.25, 0.3) is 0 Å². The van der Waals surface area contributed by atoms with Crippen LogP contribution in [0.5, 0.6) is 0 Å². The van der Waals surface area contributed by atoms with Crippen LogP contribution in [0.2, 0.25) is 0 Å². The summed E-state index contributed by atoms with van der Waals surface area (Å²) in [7, 11) is 0. The maximum Gasteiger partial charge on any atom is 0.340 e. The van der Waals surface area contributed by atoms with E-state index >= 15 is 0 Å². The zero-order valence-electron chi connectivity index (χ0n) is 13.2. The lowest BCUT2D eigenvalue weighted by atomic mass is 10.1. The lowest BCUT2D eigenvalue weighted by molar-refractivity contribution is -0.118. The van der Waals surface area contributed by atoms with E-state index < -0.39 is 0 Å². The minimum atomic E-state index is -0.382. The molecule has 0 N–H and O–H groups in total. The summed E-state index contributed by atoms with van der Waals surface area (Å²) < 4.78 is 5.06. The van der Waals surface area contributed by atoms with E-state index in [0.29, 0.717) is 30.8 Å². The van der Waals surface area contributed by atoms with E-state index in [4.69, 9.17) is 4.74 Å². The average molecular weight is 291 g/mol. The van der Waals surface area contributed by atoms with Crippen LogP contribution in [0.1, 0.15) is 56.8 Å². The summed E-state index contributed by atoms with van der Waals surface area (Å²) in [6, 6.07) is 7.12. The number of hydrogen-bond acceptors (Lipinski definition) is 3. The Morgan fingerprint density at radius 3 is 2.43 bits per heavy atom. The maximum absolute atomic E-state index is 12.4. The first-order valence-electron chi connectivity index (χ1n) is 7.72. The molecule has 0 spiro atoms. The van der Waals surface area contributed by atoms with Gasteiger partial charge in [-0.25, -0.2) is 4.79 Å². The van der Waals surface area contributed by atoms with Crippen molar-refractivity contribution >= 4 is 17.6 Å². The summed E-state index contributed by atoms with van der Waals surface area (Å²) in [6.45, 7) is 6.66. The second kappa shape index (κ2) is 9.16. The van der Waals surface area contributed by atoms with Crippen molar-refractivity contribution in [2.75, 3.05) is 18.1 Å². The zero-order valence-corrected chi connectivity index (χ0v) is 13.2. The van der Waals surface area contributed by atoms with Gasteiger partial charge in [-0.3, -0.25) is 4.79 Å². The molecule has 0 saturated heterocycles. The van der Waals surface area contributed by atoms with Gasteiger partial charge >= 0.3 is 5.97 Å². The molecule has 0 radical (unpaired) electrons. The molecule has 0 saturated carbocycles. The van der Waals surface area contributed by atoms with Crippen LogP contribution in [-0.2, 0) is 9.53 Å². The summed E-state index contributed by atoms with van der Waals surface area (Å²) in [6.07, 6.45) is 3.52. The first-order valence-corrected chi connectivity index (χ1v) is 7.72. The van der Waals surface area contributed by atoms with E-state index in [1.165, 1.54) is 0 Å². The van der Waals surface area contributed by atoms with E-state index in [2.05, 4.69) is 6.92 Å². The molecule has 0 bridgehead atoms. The number of para-hydroxylation sites is 1. The summed E-state index contributed by atoms with van der Waals surface area (Å²) in [5.41, 5.74) is 1.09. The molecule has 21 heavy (non-hydrogen) atoms. The lowest BCUT2D eigenvalue weighted by Crippen LogP contribution is -2.32. The smallest absolute Gasteiger partial charge is 0.340 e. The van der Waals surface area contributed by atoms with Crippen LogP contribution >= 0.6 is 0 Å². The predicted octanol–water partition coefficient (Wildman–Crippen LogP) is 3.80. The number of ether oxygens (including phenoxy) is 1. The van der Waals surface area contributed by atoms with Crippen LogP contribution < -0.4 is 4.90 Å². The minimum absolute atomic E-state index is 0.0581. The molecule has 4 nitrogen and oxygen atoms in total. The molecule has 0 unspecified atom stereocenters. The number of nitrogens with zero attached hydrogens (tertiary/aromatic N) is 1. The third-order valence-corrected chi connectivity index (χ3v) is 3.30. The number of benzene rings is 1. The molecule has 0 aliphatic heterocycles. The Morgan fingerprint density at radius 1 is 1.10 bits per heavy atom. The van der Waals surface area contributed by atoms with Crippen LogP contribution in [0.3, 0.4) is 0 Å². The number of carbonyl (C=O) groups is 2. The third-order valence-electron chi connectivity index (χ3n) is 3.30. The Bertz CT molecular complexity index is 471. The number of unbranched alkanes of at least 4 members (excludes halogenated alkanes) is 2. The molecule has 0 aromatic heterocycles. The van der Waals surface area contributed by atoms with E-state index in [9.17, 15) is 9.59 Å². The molecule has 1 aromatic carbocycles. The quantitative estimate of drug-likeness (QED) is 0.540. The van der Waals surface area contributed by atoms with Crippen LogP contribution in [0.4, 0.5) is 5.69 Å². The number of amides is 1. The summed E-state index contributed by atoms with van der Waals surface area (Å²) >= 11 is 0. The molecule has 4 heteroatoms. The number of esters is 1. The molecule has 0 fully saturated rings. The van der Waals surface area contributed by atoms with Gasteiger partial charge in [-0.05, 0) is 32.4 Å². The fourth-order valence-electron chi connectivity index (χ4n) is 2.23. The van der Waals surface area contributed by atoms with E-state index in [-0.39, 0.29) is 11.9 Å². The fraction of sp³-hybridized carbons (Fsp3) is 0.529. The highest BCUT2D eigenvalue weighted by molar-refractivity contribution is 6.02. The van der Waals surface area contributed by atoms with E-state index in [0.717, 1.165) is 19.3 Å². The Labute approximate surface area is 127 Å². The predicted molar refractivity (Wildman–Crippen MR) is 84.6 cm³/mol. The Morgan fingerprint density at radius 2 is 1.81 bits per heavy atom. The van der Waals surface area contributed by atoms with E-state index in [1.54, 1.807) is 30.0 Å². The highest BCUT2D eigenvalue weighted by Crippen LogP contribution is 2.22. The Balaban J connectivity index is 2.94. The van der Waals surface area contributed by atoms with Crippen molar-refractivity contribution < 1.29 is 14.3 Å². The van der Waals surface area contributed by atoms with Gasteiger partial charge in [-0.1, -0.05) is 31.9 Å². The van der Waals surface area contributed by atoms with Gasteiger partial charge in [-0.2, -0.15) is 0 Å². The van der Waals surface area contributed by atoms with Gasteiger partial charge in [0, 0.05) is 13.0 Å². The highest BCUT2D eigenvalue weighted by atomic mass is 16.5. The Hall–Kier alpha value is -1.84. The van der Waals surface area contributed by atoms with Gasteiger partial charge < -0.3 is 9.64 Å². The van der Waals surface area contributed by atoms with Crippen molar-refractivity contribution in [3.63, 3.8) is 0 Å². The average Bonchev–Trinajstić information content (AvgIpc) is 2.49. The molecule has 0 atom stereocenters. The van der Waals surface area contributed by atoms with Gasteiger partial charge in [0.25, 0.3) is 0 Å². The number of rotatable bonds is 8. The van der Waals surface area contributed by atoms with Crippen LogP contribution in [0.15, 0.2) is 24.3 Å². The van der Waals surface area contributed by atoms with Crippen molar-refractivity contribution in [1.29, 1.82) is 0 Å². The zero-order chi connectivity index (χ0) is 15.7. The first kappa shape index (κ1) is 17.2. The Kier molecular flexibility index (Phi) is 7.51. The summed E-state index contributed by atoms with van der Waals surface area (Å²) in [5.74, 6) is -0.324. The molecular formula is C17H25NO3. The molecule has 0 heterocycles. The minimum Gasteiger partial charge on any atom is -0.462 e. The molecule has 1 rings (SSSR count). The van der Waals surface area contributed by atoms with Crippen LogP contribution in [0, 0.1) is 0 Å². The molecule has 1 amide bonds. The summed E-state index contributed by atoms with van der Waals surface area (Å²) in [5, 5.41) is 0. The van der Waals surface area contributed by atoms with Crippen molar-refractivity contribution in [3.05, 3.63) is 29.8 Å². The van der Waals surface area contributed by atoms with E-state index in [1.807, 2.05) is 13.0 Å². The van der Waals surface area contributed by atoms with Crippen molar-refractivity contribution in [3.8, 4) is 0 Å².